The molecule has 15 heavy (non-hydrogen) atoms. The lowest BCUT2D eigenvalue weighted by atomic mass is 10.3. The molecule has 0 aliphatic rings. The van der Waals surface area contributed by atoms with Crippen LogP contribution < -0.4 is 10.6 Å². The minimum atomic E-state index is -0.194. The van der Waals surface area contributed by atoms with Crippen LogP contribution in [0.2, 0.25) is 0 Å². The normalized spacial score (nSPS) is 10.7. The van der Waals surface area contributed by atoms with E-state index in [1.165, 1.54) is 12.1 Å². The van der Waals surface area contributed by atoms with E-state index in [0.29, 0.717) is 6.04 Å². The zero-order valence-corrected chi connectivity index (χ0v) is 9.39. The third kappa shape index (κ3) is 5.37. The van der Waals surface area contributed by atoms with Gasteiger partial charge in [-0.15, -0.1) is 0 Å². The Morgan fingerprint density at radius 1 is 1.27 bits per heavy atom. The van der Waals surface area contributed by atoms with E-state index in [2.05, 4.69) is 24.5 Å². The molecule has 0 aromatic heterocycles. The highest BCUT2D eigenvalue weighted by molar-refractivity contribution is 5.42. The van der Waals surface area contributed by atoms with E-state index >= 15 is 0 Å². The number of hydrogen-bond acceptors (Lipinski definition) is 2. The van der Waals surface area contributed by atoms with Crippen molar-refractivity contribution in [1.29, 1.82) is 0 Å². The lowest BCUT2D eigenvalue weighted by Crippen LogP contribution is -2.25. The van der Waals surface area contributed by atoms with Crippen molar-refractivity contribution < 1.29 is 4.39 Å². The van der Waals surface area contributed by atoms with Crippen LogP contribution in [0.4, 0.5) is 10.1 Å². The maximum absolute atomic E-state index is 12.8. The molecule has 0 radical (unpaired) electrons. The van der Waals surface area contributed by atoms with Crippen molar-refractivity contribution in [1.82, 2.24) is 5.32 Å². The van der Waals surface area contributed by atoms with Crippen LogP contribution in [0.25, 0.3) is 0 Å². The molecule has 84 valence electrons. The Kier molecular flexibility index (Phi) is 5.12. The van der Waals surface area contributed by atoms with Crippen molar-refractivity contribution in [2.45, 2.75) is 26.3 Å². The summed E-state index contributed by atoms with van der Waals surface area (Å²) in [6, 6.07) is 7.07. The lowest BCUT2D eigenvalue weighted by molar-refractivity contribution is 0.578. The smallest absolute Gasteiger partial charge is 0.125 e. The summed E-state index contributed by atoms with van der Waals surface area (Å²) in [5, 5.41) is 6.51. The molecule has 3 heteroatoms. The lowest BCUT2D eigenvalue weighted by Gasteiger charge is -2.09. The molecular weight excluding hydrogens is 191 g/mol. The minimum absolute atomic E-state index is 0.194. The molecule has 2 N–H and O–H groups in total. The third-order valence-electron chi connectivity index (χ3n) is 2.06. The van der Waals surface area contributed by atoms with E-state index < -0.39 is 0 Å². The number of rotatable bonds is 6. The van der Waals surface area contributed by atoms with Gasteiger partial charge in [0.1, 0.15) is 5.82 Å². The summed E-state index contributed by atoms with van der Waals surface area (Å²) >= 11 is 0. The van der Waals surface area contributed by atoms with Gasteiger partial charge in [0.25, 0.3) is 0 Å². The molecule has 0 aliphatic carbocycles. The van der Waals surface area contributed by atoms with E-state index in [0.717, 1.165) is 25.2 Å². The van der Waals surface area contributed by atoms with Crippen LogP contribution in [0.3, 0.4) is 0 Å². The molecule has 0 atom stereocenters. The van der Waals surface area contributed by atoms with Crippen molar-refractivity contribution in [2.75, 3.05) is 18.4 Å². The van der Waals surface area contributed by atoms with Gasteiger partial charge in [0.2, 0.25) is 0 Å². The van der Waals surface area contributed by atoms with Crippen LogP contribution in [-0.4, -0.2) is 19.1 Å². The average molecular weight is 210 g/mol. The fraction of sp³-hybridized carbons (Fsp3) is 0.500. The quantitative estimate of drug-likeness (QED) is 0.705. The fourth-order valence-corrected chi connectivity index (χ4v) is 1.31. The Hall–Kier alpha value is -1.09. The van der Waals surface area contributed by atoms with Gasteiger partial charge in [-0.3, -0.25) is 0 Å². The van der Waals surface area contributed by atoms with Crippen LogP contribution in [-0.2, 0) is 0 Å². The Bertz CT molecular complexity index is 287. The molecule has 1 aromatic carbocycles. The van der Waals surface area contributed by atoms with Crippen LogP contribution in [0.5, 0.6) is 0 Å². The average Bonchev–Trinajstić information content (AvgIpc) is 2.17. The third-order valence-corrected chi connectivity index (χ3v) is 2.06. The molecule has 0 amide bonds. The molecule has 0 bridgehead atoms. The fourth-order valence-electron chi connectivity index (χ4n) is 1.31. The van der Waals surface area contributed by atoms with Gasteiger partial charge in [0.05, 0.1) is 0 Å². The highest BCUT2D eigenvalue weighted by atomic mass is 19.1. The van der Waals surface area contributed by atoms with Gasteiger partial charge in [-0.25, -0.2) is 4.39 Å². The first-order chi connectivity index (χ1) is 7.18. The summed E-state index contributed by atoms with van der Waals surface area (Å²) in [7, 11) is 0. The first-order valence-electron chi connectivity index (χ1n) is 5.41. The second kappa shape index (κ2) is 6.40. The maximum atomic E-state index is 12.8. The predicted octanol–water partition coefficient (Wildman–Crippen LogP) is 2.63. The Morgan fingerprint density at radius 3 is 2.73 bits per heavy atom. The highest BCUT2D eigenvalue weighted by Gasteiger charge is 1.94. The van der Waals surface area contributed by atoms with E-state index in [-0.39, 0.29) is 5.82 Å². The van der Waals surface area contributed by atoms with E-state index in [1.54, 1.807) is 6.07 Å². The monoisotopic (exact) mass is 210 g/mol. The highest BCUT2D eigenvalue weighted by Crippen LogP contribution is 2.08. The van der Waals surface area contributed by atoms with Gasteiger partial charge in [-0.1, -0.05) is 19.9 Å². The second-order valence-corrected chi connectivity index (χ2v) is 3.90. The first kappa shape index (κ1) is 12.0. The maximum Gasteiger partial charge on any atom is 0.125 e. The van der Waals surface area contributed by atoms with Crippen molar-refractivity contribution in [3.8, 4) is 0 Å². The van der Waals surface area contributed by atoms with Crippen LogP contribution in [0.1, 0.15) is 20.3 Å². The molecule has 0 unspecified atom stereocenters. The number of benzene rings is 1. The molecular formula is C12H19FN2. The van der Waals surface area contributed by atoms with E-state index in [9.17, 15) is 4.39 Å². The van der Waals surface area contributed by atoms with Crippen molar-refractivity contribution >= 4 is 5.69 Å². The molecule has 0 saturated heterocycles. The van der Waals surface area contributed by atoms with E-state index in [1.807, 2.05) is 6.07 Å². The summed E-state index contributed by atoms with van der Waals surface area (Å²) in [5.74, 6) is -0.194. The molecule has 0 fully saturated rings. The number of anilines is 1. The van der Waals surface area contributed by atoms with Gasteiger partial charge >= 0.3 is 0 Å². The summed E-state index contributed by atoms with van der Waals surface area (Å²) in [4.78, 5) is 0. The van der Waals surface area contributed by atoms with E-state index in [4.69, 9.17) is 0 Å². The van der Waals surface area contributed by atoms with Gasteiger partial charge in [-0.2, -0.15) is 0 Å². The van der Waals surface area contributed by atoms with Crippen LogP contribution >= 0.6 is 0 Å². The SMILES string of the molecule is CC(C)NCCCNc1cccc(F)c1. The molecule has 0 aliphatic heterocycles. The standard InChI is InChI=1S/C12H19FN2/c1-10(2)14-7-4-8-15-12-6-3-5-11(13)9-12/h3,5-6,9-10,14-15H,4,7-8H2,1-2H3. The Balaban J connectivity index is 2.15. The van der Waals surface area contributed by atoms with Gasteiger partial charge in [-0.05, 0) is 31.2 Å². The molecule has 0 heterocycles. The Morgan fingerprint density at radius 2 is 2.07 bits per heavy atom. The van der Waals surface area contributed by atoms with Crippen molar-refractivity contribution in [2.24, 2.45) is 0 Å². The van der Waals surface area contributed by atoms with Crippen molar-refractivity contribution in [3.05, 3.63) is 30.1 Å². The van der Waals surface area contributed by atoms with Gasteiger partial charge in [0.15, 0.2) is 0 Å². The zero-order valence-electron chi connectivity index (χ0n) is 9.39. The number of nitrogens with one attached hydrogen (secondary N) is 2. The molecule has 1 aromatic rings. The summed E-state index contributed by atoms with van der Waals surface area (Å²) in [6.07, 6.45) is 1.04. The second-order valence-electron chi connectivity index (χ2n) is 3.90. The summed E-state index contributed by atoms with van der Waals surface area (Å²) in [6.45, 7) is 6.10. The largest absolute Gasteiger partial charge is 0.385 e. The molecule has 1 rings (SSSR count). The minimum Gasteiger partial charge on any atom is -0.385 e. The molecule has 2 nitrogen and oxygen atoms in total. The van der Waals surface area contributed by atoms with Gasteiger partial charge < -0.3 is 10.6 Å². The van der Waals surface area contributed by atoms with Crippen molar-refractivity contribution in [3.63, 3.8) is 0 Å². The number of halogens is 1. The van der Waals surface area contributed by atoms with Crippen LogP contribution in [0.15, 0.2) is 24.3 Å². The van der Waals surface area contributed by atoms with Crippen LogP contribution in [0, 0.1) is 5.82 Å². The zero-order chi connectivity index (χ0) is 11.1. The molecule has 0 spiro atoms. The predicted molar refractivity (Wildman–Crippen MR) is 62.6 cm³/mol. The number of hydrogen-bond donors (Lipinski definition) is 2. The Labute approximate surface area is 90.9 Å². The van der Waals surface area contributed by atoms with Gasteiger partial charge in [0, 0.05) is 18.3 Å². The summed E-state index contributed by atoms with van der Waals surface area (Å²) < 4.78 is 12.8. The topological polar surface area (TPSA) is 24.1 Å². The molecule has 0 saturated carbocycles. The summed E-state index contributed by atoms with van der Waals surface area (Å²) in [5.41, 5.74) is 0.847. The first-order valence-corrected chi connectivity index (χ1v) is 5.41.